The van der Waals surface area contributed by atoms with Gasteiger partial charge in [-0.15, -0.1) is 11.8 Å². The minimum atomic E-state index is 0.888. The molecule has 0 amide bonds. The van der Waals surface area contributed by atoms with Crippen molar-refractivity contribution >= 4 is 17.5 Å². The van der Waals surface area contributed by atoms with E-state index in [0.29, 0.717) is 0 Å². The van der Waals surface area contributed by atoms with Crippen LogP contribution in [-0.4, -0.2) is 36.8 Å². The summed E-state index contributed by atoms with van der Waals surface area (Å²) in [6, 6.07) is 17.4. The fraction of sp³-hybridized carbons (Fsp3) is 0.381. The van der Waals surface area contributed by atoms with Gasteiger partial charge in [0.2, 0.25) is 0 Å². The summed E-state index contributed by atoms with van der Waals surface area (Å²) < 4.78 is 0. The maximum atomic E-state index is 5.04. The Balaban J connectivity index is 1.86. The van der Waals surface area contributed by atoms with Gasteiger partial charge in [-0.2, -0.15) is 0 Å². The molecule has 24 heavy (non-hydrogen) atoms. The van der Waals surface area contributed by atoms with Gasteiger partial charge in [0.1, 0.15) is 0 Å². The Hall–Kier alpha value is -1.58. The molecule has 126 valence electrons. The molecule has 1 aliphatic rings. The molecule has 0 radical (unpaired) electrons. The Morgan fingerprint density at radius 3 is 2.46 bits per heavy atom. The molecule has 0 aromatic heterocycles. The molecule has 1 aliphatic heterocycles. The molecule has 0 atom stereocenters. The third-order valence-electron chi connectivity index (χ3n) is 4.59. The van der Waals surface area contributed by atoms with Crippen LogP contribution >= 0.6 is 11.8 Å². The zero-order valence-corrected chi connectivity index (χ0v) is 15.5. The number of rotatable bonds is 6. The second-order valence-corrected chi connectivity index (χ2v) is 7.07. The van der Waals surface area contributed by atoms with Crippen molar-refractivity contribution in [3.8, 4) is 0 Å². The third kappa shape index (κ3) is 3.90. The Kier molecular flexibility index (Phi) is 6.11. The fourth-order valence-electron chi connectivity index (χ4n) is 3.16. The summed E-state index contributed by atoms with van der Waals surface area (Å²) in [5, 5.41) is 0. The van der Waals surface area contributed by atoms with Crippen molar-refractivity contribution in [2.75, 3.05) is 26.2 Å². The lowest BCUT2D eigenvalue weighted by Gasteiger charge is -2.17. The monoisotopic (exact) mass is 338 g/mol. The van der Waals surface area contributed by atoms with E-state index in [9.17, 15) is 0 Å². The van der Waals surface area contributed by atoms with E-state index in [1.165, 1.54) is 27.3 Å². The molecule has 2 nitrogen and oxygen atoms in total. The topological polar surface area (TPSA) is 15.6 Å². The smallest absolute Gasteiger partial charge is 0.0733 e. The normalized spacial score (nSPS) is 15.2. The standard InChI is InChI=1S/C21H26N2S/c1-3-23(4-2)15-9-14-22-21-18-11-6-5-10-17(18)16-24-20-13-8-7-12-19(20)21/h5-8,10-13H,3-4,9,14-16H2,1-2H3/b22-21-. The van der Waals surface area contributed by atoms with Crippen LogP contribution in [0.25, 0.3) is 0 Å². The molecule has 2 aromatic carbocycles. The lowest BCUT2D eigenvalue weighted by atomic mass is 9.98. The molecular weight excluding hydrogens is 312 g/mol. The van der Waals surface area contributed by atoms with E-state index in [1.54, 1.807) is 0 Å². The van der Waals surface area contributed by atoms with Crippen molar-refractivity contribution in [3.63, 3.8) is 0 Å². The zero-order chi connectivity index (χ0) is 16.8. The van der Waals surface area contributed by atoms with Gasteiger partial charge in [0.25, 0.3) is 0 Å². The lowest BCUT2D eigenvalue weighted by Crippen LogP contribution is -2.24. The molecule has 1 heterocycles. The highest BCUT2D eigenvalue weighted by Crippen LogP contribution is 2.33. The Morgan fingerprint density at radius 2 is 1.67 bits per heavy atom. The van der Waals surface area contributed by atoms with E-state index < -0.39 is 0 Å². The molecule has 0 saturated heterocycles. The lowest BCUT2D eigenvalue weighted by molar-refractivity contribution is 0.302. The van der Waals surface area contributed by atoms with Gasteiger partial charge in [0, 0.05) is 28.3 Å². The average molecular weight is 339 g/mol. The first kappa shape index (κ1) is 17.2. The molecule has 0 unspecified atom stereocenters. The van der Waals surface area contributed by atoms with Crippen molar-refractivity contribution in [2.45, 2.75) is 30.9 Å². The predicted octanol–water partition coefficient (Wildman–Crippen LogP) is 4.86. The van der Waals surface area contributed by atoms with Crippen LogP contribution in [0.2, 0.25) is 0 Å². The summed E-state index contributed by atoms with van der Waals surface area (Å²) in [4.78, 5) is 8.85. The minimum Gasteiger partial charge on any atom is -0.304 e. The number of thioether (sulfide) groups is 1. The highest BCUT2D eigenvalue weighted by molar-refractivity contribution is 7.98. The maximum Gasteiger partial charge on any atom is 0.0733 e. The predicted molar refractivity (Wildman–Crippen MR) is 105 cm³/mol. The van der Waals surface area contributed by atoms with Crippen molar-refractivity contribution in [3.05, 3.63) is 65.2 Å². The Labute approximate surface area is 150 Å². The maximum absolute atomic E-state index is 5.04. The van der Waals surface area contributed by atoms with Crippen LogP contribution in [0.15, 0.2) is 58.4 Å². The summed E-state index contributed by atoms with van der Waals surface area (Å²) in [7, 11) is 0. The largest absolute Gasteiger partial charge is 0.304 e. The molecule has 0 spiro atoms. The number of fused-ring (bicyclic) bond motifs is 2. The van der Waals surface area contributed by atoms with Gasteiger partial charge in [-0.3, -0.25) is 4.99 Å². The van der Waals surface area contributed by atoms with Crippen LogP contribution in [0.3, 0.4) is 0 Å². The minimum absolute atomic E-state index is 0.888. The first-order valence-corrected chi connectivity index (χ1v) is 9.89. The van der Waals surface area contributed by atoms with E-state index >= 15 is 0 Å². The first-order chi connectivity index (χ1) is 11.8. The molecule has 3 heteroatoms. The van der Waals surface area contributed by atoms with E-state index in [-0.39, 0.29) is 0 Å². The van der Waals surface area contributed by atoms with Crippen LogP contribution in [0, 0.1) is 0 Å². The van der Waals surface area contributed by atoms with Gasteiger partial charge in [-0.25, -0.2) is 0 Å². The summed E-state index contributed by atoms with van der Waals surface area (Å²) in [6.45, 7) is 8.71. The molecule has 0 bridgehead atoms. The molecule has 3 rings (SSSR count). The number of hydrogen-bond acceptors (Lipinski definition) is 3. The number of aliphatic imine (C=N–C) groups is 1. The summed E-state index contributed by atoms with van der Waals surface area (Å²) in [5.74, 6) is 1.02. The Morgan fingerprint density at radius 1 is 0.958 bits per heavy atom. The van der Waals surface area contributed by atoms with Gasteiger partial charge in [0.15, 0.2) is 0 Å². The third-order valence-corrected chi connectivity index (χ3v) is 5.72. The van der Waals surface area contributed by atoms with Crippen molar-refractivity contribution < 1.29 is 0 Å². The van der Waals surface area contributed by atoms with Crippen LogP contribution in [-0.2, 0) is 5.75 Å². The van der Waals surface area contributed by atoms with E-state index in [1.807, 2.05) is 11.8 Å². The highest BCUT2D eigenvalue weighted by atomic mass is 32.2. The number of hydrogen-bond donors (Lipinski definition) is 0. The first-order valence-electron chi connectivity index (χ1n) is 8.90. The van der Waals surface area contributed by atoms with Gasteiger partial charge < -0.3 is 4.90 Å². The van der Waals surface area contributed by atoms with Gasteiger partial charge >= 0.3 is 0 Å². The van der Waals surface area contributed by atoms with Gasteiger partial charge in [-0.05, 0) is 37.7 Å². The van der Waals surface area contributed by atoms with E-state index in [0.717, 1.165) is 38.4 Å². The van der Waals surface area contributed by atoms with Gasteiger partial charge in [0.05, 0.1) is 5.71 Å². The SMILES string of the molecule is CCN(CC)CCC/N=C1/c2ccccc2CSc2ccccc21. The van der Waals surface area contributed by atoms with Crippen LogP contribution < -0.4 is 0 Å². The molecule has 0 saturated carbocycles. The quantitative estimate of drug-likeness (QED) is 0.699. The van der Waals surface area contributed by atoms with Crippen molar-refractivity contribution in [1.29, 1.82) is 0 Å². The fourth-order valence-corrected chi connectivity index (χ4v) is 4.22. The molecule has 0 N–H and O–H groups in total. The second kappa shape index (κ2) is 8.50. The van der Waals surface area contributed by atoms with Gasteiger partial charge in [-0.1, -0.05) is 56.3 Å². The summed E-state index contributed by atoms with van der Waals surface area (Å²) in [5.41, 5.74) is 5.15. The van der Waals surface area contributed by atoms with Crippen LogP contribution in [0.1, 0.15) is 37.0 Å². The van der Waals surface area contributed by atoms with E-state index in [4.69, 9.17) is 4.99 Å². The highest BCUT2D eigenvalue weighted by Gasteiger charge is 2.18. The summed E-state index contributed by atoms with van der Waals surface area (Å²) in [6.07, 6.45) is 1.11. The number of nitrogens with zero attached hydrogens (tertiary/aromatic N) is 2. The molecule has 0 aliphatic carbocycles. The van der Waals surface area contributed by atoms with Crippen molar-refractivity contribution in [2.24, 2.45) is 4.99 Å². The zero-order valence-electron chi connectivity index (χ0n) is 14.7. The number of benzene rings is 2. The summed E-state index contributed by atoms with van der Waals surface area (Å²) >= 11 is 1.92. The molecule has 0 fully saturated rings. The van der Waals surface area contributed by atoms with Crippen molar-refractivity contribution in [1.82, 2.24) is 4.90 Å². The Bertz CT molecular complexity index is 655. The molecular formula is C21H26N2S. The van der Waals surface area contributed by atoms with E-state index in [2.05, 4.69) is 67.3 Å². The average Bonchev–Trinajstić information content (AvgIpc) is 2.79. The van der Waals surface area contributed by atoms with Crippen LogP contribution in [0.5, 0.6) is 0 Å². The molecule has 2 aromatic rings. The second-order valence-electron chi connectivity index (χ2n) is 6.05. The van der Waals surface area contributed by atoms with Crippen LogP contribution in [0.4, 0.5) is 0 Å².